The maximum absolute atomic E-state index is 11.4. The summed E-state index contributed by atoms with van der Waals surface area (Å²) in [6, 6.07) is -0.0772. The number of aliphatic hydroxyl groups is 1. The Morgan fingerprint density at radius 1 is 1.44 bits per heavy atom. The zero-order chi connectivity index (χ0) is 12.8. The van der Waals surface area contributed by atoms with Gasteiger partial charge in [-0.2, -0.15) is 11.8 Å². The number of thioether (sulfide) groups is 1. The Labute approximate surface area is 103 Å². The van der Waals surface area contributed by atoms with Crippen molar-refractivity contribution in [2.45, 2.75) is 39.8 Å². The second-order valence-corrected chi connectivity index (χ2v) is 6.00. The highest BCUT2D eigenvalue weighted by atomic mass is 32.2. The largest absolute Gasteiger partial charge is 0.391 e. The van der Waals surface area contributed by atoms with Crippen LogP contribution in [0.25, 0.3) is 0 Å². The van der Waals surface area contributed by atoms with Crippen LogP contribution in [-0.2, 0) is 0 Å². The summed E-state index contributed by atoms with van der Waals surface area (Å²) in [7, 11) is 0. The molecule has 4 nitrogen and oxygen atoms in total. The molecule has 0 fully saturated rings. The average Bonchev–Trinajstić information content (AvgIpc) is 2.12. The molecule has 5 heteroatoms. The van der Waals surface area contributed by atoms with Crippen molar-refractivity contribution in [3.63, 3.8) is 0 Å². The van der Waals surface area contributed by atoms with Crippen LogP contribution in [0.3, 0.4) is 0 Å². The molecule has 0 aliphatic heterocycles. The van der Waals surface area contributed by atoms with Crippen LogP contribution >= 0.6 is 11.8 Å². The van der Waals surface area contributed by atoms with Gasteiger partial charge in [0.25, 0.3) is 0 Å². The Balaban J connectivity index is 3.82. The van der Waals surface area contributed by atoms with Gasteiger partial charge in [0.05, 0.1) is 6.10 Å². The summed E-state index contributed by atoms with van der Waals surface area (Å²) in [5.74, 6) is 0.884. The molecule has 0 aromatic carbocycles. The third kappa shape index (κ3) is 6.95. The summed E-state index contributed by atoms with van der Waals surface area (Å²) >= 11 is 1.69. The third-order valence-corrected chi connectivity index (χ3v) is 3.08. The number of urea groups is 1. The van der Waals surface area contributed by atoms with Gasteiger partial charge in [0.2, 0.25) is 0 Å². The van der Waals surface area contributed by atoms with Gasteiger partial charge >= 0.3 is 6.03 Å². The molecule has 0 rings (SSSR count). The highest BCUT2D eigenvalue weighted by Gasteiger charge is 2.22. The fourth-order valence-electron chi connectivity index (χ4n) is 1.06. The topological polar surface area (TPSA) is 61.4 Å². The van der Waals surface area contributed by atoms with Crippen LogP contribution in [-0.4, -0.2) is 41.8 Å². The predicted octanol–water partition coefficient (Wildman–Crippen LogP) is 1.44. The molecule has 0 aromatic heterocycles. The fourth-order valence-corrected chi connectivity index (χ4v) is 1.65. The number of hydrogen-bond acceptors (Lipinski definition) is 3. The van der Waals surface area contributed by atoms with Crippen LogP contribution in [0.2, 0.25) is 0 Å². The lowest BCUT2D eigenvalue weighted by Crippen LogP contribution is -2.46. The molecule has 3 N–H and O–H groups in total. The molecular weight excluding hydrogens is 224 g/mol. The summed E-state index contributed by atoms with van der Waals surface area (Å²) in [6.07, 6.45) is 1.47. The minimum atomic E-state index is -0.533. The number of aliphatic hydroxyl groups excluding tert-OH is 1. The normalized spacial score (nSPS) is 15.4. The number of hydrogen-bond donors (Lipinski definition) is 3. The van der Waals surface area contributed by atoms with Crippen LogP contribution in [0.1, 0.15) is 27.7 Å². The number of amides is 2. The van der Waals surface area contributed by atoms with E-state index in [2.05, 4.69) is 10.6 Å². The summed E-state index contributed by atoms with van der Waals surface area (Å²) in [6.45, 7) is 8.05. The predicted molar refractivity (Wildman–Crippen MR) is 69.8 cm³/mol. The lowest BCUT2D eigenvalue weighted by Gasteiger charge is -2.26. The Morgan fingerprint density at radius 3 is 2.44 bits per heavy atom. The van der Waals surface area contributed by atoms with Crippen LogP contribution < -0.4 is 10.6 Å². The summed E-state index contributed by atoms with van der Waals surface area (Å²) in [5.41, 5.74) is -0.210. The molecule has 2 amide bonds. The van der Waals surface area contributed by atoms with Crippen LogP contribution in [0, 0.1) is 5.41 Å². The maximum atomic E-state index is 11.4. The second kappa shape index (κ2) is 7.01. The molecule has 0 aliphatic rings. The van der Waals surface area contributed by atoms with E-state index in [0.29, 0.717) is 0 Å². The van der Waals surface area contributed by atoms with Crippen molar-refractivity contribution in [2.24, 2.45) is 5.41 Å². The molecule has 0 spiro atoms. The summed E-state index contributed by atoms with van der Waals surface area (Å²) in [4.78, 5) is 11.4. The van der Waals surface area contributed by atoms with Crippen molar-refractivity contribution in [3.05, 3.63) is 0 Å². The van der Waals surface area contributed by atoms with Gasteiger partial charge < -0.3 is 15.7 Å². The van der Waals surface area contributed by atoms with Gasteiger partial charge in [-0.25, -0.2) is 4.79 Å². The van der Waals surface area contributed by atoms with Crippen LogP contribution in [0.15, 0.2) is 0 Å². The molecule has 0 radical (unpaired) electrons. The minimum Gasteiger partial charge on any atom is -0.391 e. The molecule has 96 valence electrons. The van der Waals surface area contributed by atoms with Gasteiger partial charge in [-0.15, -0.1) is 0 Å². The van der Waals surface area contributed by atoms with Crippen LogP contribution in [0.4, 0.5) is 4.79 Å². The molecule has 0 saturated carbocycles. The van der Waals surface area contributed by atoms with E-state index in [1.807, 2.05) is 34.0 Å². The second-order valence-electron chi connectivity index (χ2n) is 5.09. The quantitative estimate of drug-likeness (QED) is 0.690. The smallest absolute Gasteiger partial charge is 0.315 e. The molecule has 0 heterocycles. The zero-order valence-electron chi connectivity index (χ0n) is 10.8. The van der Waals surface area contributed by atoms with E-state index in [1.54, 1.807) is 11.8 Å². The number of rotatable bonds is 5. The number of nitrogens with one attached hydrogen (secondary N) is 2. The first kappa shape index (κ1) is 15.6. The van der Waals surface area contributed by atoms with Gasteiger partial charge in [-0.1, -0.05) is 20.8 Å². The van der Waals surface area contributed by atoms with Gasteiger partial charge in [0, 0.05) is 18.3 Å². The molecule has 0 bridgehead atoms. The fraction of sp³-hybridized carbons (Fsp3) is 0.909. The van der Waals surface area contributed by atoms with E-state index in [4.69, 9.17) is 0 Å². The monoisotopic (exact) mass is 248 g/mol. The number of carbonyl (C=O) groups excluding carboxylic acids is 1. The Bertz CT molecular complexity index is 217. The Hall–Kier alpha value is -0.420. The van der Waals surface area contributed by atoms with E-state index in [-0.39, 0.29) is 24.0 Å². The molecule has 0 saturated heterocycles. The van der Waals surface area contributed by atoms with E-state index >= 15 is 0 Å². The lowest BCUT2D eigenvalue weighted by atomic mass is 9.89. The minimum absolute atomic E-state index is 0.141. The first-order chi connectivity index (χ1) is 7.27. The molecule has 2 unspecified atom stereocenters. The standard InChI is InChI=1S/C11H24N2O2S/c1-8(7-16-5)13-10(15)12-6-9(14)11(2,3)4/h8-9,14H,6-7H2,1-5H3,(H2,12,13,15). The summed E-state index contributed by atoms with van der Waals surface area (Å²) < 4.78 is 0. The maximum Gasteiger partial charge on any atom is 0.315 e. The molecule has 2 atom stereocenters. The van der Waals surface area contributed by atoms with Crippen molar-refractivity contribution in [3.8, 4) is 0 Å². The van der Waals surface area contributed by atoms with Gasteiger partial charge in [-0.3, -0.25) is 0 Å². The lowest BCUT2D eigenvalue weighted by molar-refractivity contribution is 0.0649. The summed E-state index contributed by atoms with van der Waals surface area (Å²) in [5, 5.41) is 15.2. The Kier molecular flexibility index (Phi) is 6.83. The first-order valence-corrected chi connectivity index (χ1v) is 6.88. The van der Waals surface area contributed by atoms with E-state index in [0.717, 1.165) is 5.75 Å². The molecular formula is C11H24N2O2S. The first-order valence-electron chi connectivity index (χ1n) is 5.48. The van der Waals surface area contributed by atoms with Crippen molar-refractivity contribution >= 4 is 17.8 Å². The molecule has 16 heavy (non-hydrogen) atoms. The van der Waals surface area contributed by atoms with Crippen molar-refractivity contribution in [1.82, 2.24) is 10.6 Å². The third-order valence-electron chi connectivity index (χ3n) is 2.25. The molecule has 0 aromatic rings. The SMILES string of the molecule is CSCC(C)NC(=O)NCC(O)C(C)(C)C. The zero-order valence-corrected chi connectivity index (χ0v) is 11.6. The van der Waals surface area contributed by atoms with Gasteiger partial charge in [-0.05, 0) is 18.6 Å². The van der Waals surface area contributed by atoms with Crippen molar-refractivity contribution < 1.29 is 9.90 Å². The van der Waals surface area contributed by atoms with Crippen LogP contribution in [0.5, 0.6) is 0 Å². The highest BCUT2D eigenvalue weighted by Crippen LogP contribution is 2.17. The van der Waals surface area contributed by atoms with Gasteiger partial charge in [0.15, 0.2) is 0 Å². The van der Waals surface area contributed by atoms with E-state index in [9.17, 15) is 9.90 Å². The van der Waals surface area contributed by atoms with Crippen molar-refractivity contribution in [2.75, 3.05) is 18.6 Å². The Morgan fingerprint density at radius 2 is 2.00 bits per heavy atom. The number of carbonyl (C=O) groups is 1. The highest BCUT2D eigenvalue weighted by molar-refractivity contribution is 7.98. The van der Waals surface area contributed by atoms with Crippen molar-refractivity contribution in [1.29, 1.82) is 0 Å². The van der Waals surface area contributed by atoms with Gasteiger partial charge in [0.1, 0.15) is 0 Å². The average molecular weight is 248 g/mol. The molecule has 0 aliphatic carbocycles. The van der Waals surface area contributed by atoms with E-state index in [1.165, 1.54) is 0 Å². The van der Waals surface area contributed by atoms with E-state index < -0.39 is 6.10 Å².